The molecule has 0 radical (unpaired) electrons. The molecule has 2 aliphatic rings. The Labute approximate surface area is 151 Å². The third kappa shape index (κ3) is 5.58. The Kier molecular flexibility index (Phi) is 7.13. The van der Waals surface area contributed by atoms with Crippen molar-refractivity contribution in [3.63, 3.8) is 0 Å². The normalized spacial score (nSPS) is 22.2. The quantitative estimate of drug-likeness (QED) is 0.692. The molecule has 1 heterocycles. The van der Waals surface area contributed by atoms with Gasteiger partial charge in [-0.2, -0.15) is 9.97 Å². The van der Waals surface area contributed by atoms with Crippen molar-refractivity contribution < 1.29 is 0 Å². The Balaban J connectivity index is 1.67. The van der Waals surface area contributed by atoms with Crippen LogP contribution in [-0.4, -0.2) is 21.0 Å². The van der Waals surface area contributed by atoms with Gasteiger partial charge in [0.15, 0.2) is 0 Å². The fourth-order valence-corrected chi connectivity index (χ4v) is 4.28. The molecule has 134 valence electrons. The summed E-state index contributed by atoms with van der Waals surface area (Å²) in [6, 6.07) is 0.476. The predicted molar refractivity (Wildman–Crippen MR) is 99.6 cm³/mol. The van der Waals surface area contributed by atoms with Gasteiger partial charge in [0, 0.05) is 12.0 Å². The zero-order chi connectivity index (χ0) is 16.6. The number of nitrogens with one attached hydrogen (secondary N) is 1. The van der Waals surface area contributed by atoms with Crippen LogP contribution in [0.2, 0.25) is 5.28 Å². The first-order valence-corrected chi connectivity index (χ1v) is 10.4. The van der Waals surface area contributed by atoms with Gasteiger partial charge in [-0.1, -0.05) is 64.2 Å². The monoisotopic (exact) mass is 350 g/mol. The Morgan fingerprint density at radius 2 is 1.21 bits per heavy atom. The van der Waals surface area contributed by atoms with E-state index in [0.717, 1.165) is 5.82 Å². The van der Waals surface area contributed by atoms with E-state index in [1.54, 1.807) is 0 Å². The molecule has 1 aromatic heterocycles. The molecule has 0 atom stereocenters. The van der Waals surface area contributed by atoms with Crippen molar-refractivity contribution in [3.05, 3.63) is 11.1 Å². The SMILES string of the molecule is Clc1nc(NC2CCCCCCCC2)nc(C2CCCCCC2)n1. The molecule has 0 spiro atoms. The van der Waals surface area contributed by atoms with Crippen LogP contribution < -0.4 is 5.32 Å². The van der Waals surface area contributed by atoms with E-state index < -0.39 is 0 Å². The number of hydrogen-bond acceptors (Lipinski definition) is 4. The van der Waals surface area contributed by atoms with Crippen molar-refractivity contribution in [2.45, 2.75) is 102 Å². The van der Waals surface area contributed by atoms with Gasteiger partial charge in [-0.3, -0.25) is 0 Å². The molecular formula is C19H31ClN4. The summed E-state index contributed by atoms with van der Waals surface area (Å²) in [5, 5.41) is 3.91. The number of halogens is 1. The van der Waals surface area contributed by atoms with Crippen molar-refractivity contribution in [1.82, 2.24) is 15.0 Å². The molecular weight excluding hydrogens is 320 g/mol. The van der Waals surface area contributed by atoms with Crippen molar-refractivity contribution in [3.8, 4) is 0 Å². The lowest BCUT2D eigenvalue weighted by atomic mass is 10.00. The molecule has 2 saturated carbocycles. The maximum absolute atomic E-state index is 6.21. The van der Waals surface area contributed by atoms with Crippen molar-refractivity contribution in [2.24, 2.45) is 0 Å². The van der Waals surface area contributed by atoms with Gasteiger partial charge < -0.3 is 5.32 Å². The lowest BCUT2D eigenvalue weighted by Crippen LogP contribution is -2.22. The highest BCUT2D eigenvalue weighted by Gasteiger charge is 2.20. The van der Waals surface area contributed by atoms with E-state index >= 15 is 0 Å². The van der Waals surface area contributed by atoms with Crippen molar-refractivity contribution in [2.75, 3.05) is 5.32 Å². The van der Waals surface area contributed by atoms with Crippen LogP contribution in [0.1, 0.15) is 102 Å². The second kappa shape index (κ2) is 9.55. The average molecular weight is 351 g/mol. The topological polar surface area (TPSA) is 50.7 Å². The zero-order valence-electron chi connectivity index (χ0n) is 14.8. The summed E-state index contributed by atoms with van der Waals surface area (Å²) in [5.74, 6) is 2.05. The second-order valence-electron chi connectivity index (χ2n) is 7.51. The summed E-state index contributed by atoms with van der Waals surface area (Å²) >= 11 is 6.21. The van der Waals surface area contributed by atoms with Crippen LogP contribution in [0.4, 0.5) is 5.95 Å². The van der Waals surface area contributed by atoms with Crippen molar-refractivity contribution in [1.29, 1.82) is 0 Å². The Morgan fingerprint density at radius 1 is 0.667 bits per heavy atom. The number of hydrogen-bond donors (Lipinski definition) is 1. The van der Waals surface area contributed by atoms with Gasteiger partial charge in [-0.05, 0) is 37.3 Å². The van der Waals surface area contributed by atoms with Crippen LogP contribution in [0.15, 0.2) is 0 Å². The fourth-order valence-electron chi connectivity index (χ4n) is 4.11. The van der Waals surface area contributed by atoms with Gasteiger partial charge in [0.05, 0.1) is 0 Å². The van der Waals surface area contributed by atoms with Gasteiger partial charge >= 0.3 is 0 Å². The zero-order valence-corrected chi connectivity index (χ0v) is 15.5. The van der Waals surface area contributed by atoms with Gasteiger partial charge in [0.2, 0.25) is 11.2 Å². The summed E-state index contributed by atoms with van der Waals surface area (Å²) in [4.78, 5) is 13.6. The Hall–Kier alpha value is -0.900. The molecule has 0 amide bonds. The van der Waals surface area contributed by atoms with Gasteiger partial charge in [0.1, 0.15) is 5.82 Å². The molecule has 0 aromatic carbocycles. The molecule has 0 saturated heterocycles. The molecule has 0 aliphatic heterocycles. The maximum atomic E-state index is 6.21. The molecule has 5 heteroatoms. The number of nitrogens with zero attached hydrogens (tertiary/aromatic N) is 3. The summed E-state index contributed by atoms with van der Waals surface area (Å²) in [7, 11) is 0. The van der Waals surface area contributed by atoms with Gasteiger partial charge in [0.25, 0.3) is 0 Å². The first kappa shape index (κ1) is 17.9. The van der Waals surface area contributed by atoms with E-state index in [4.69, 9.17) is 16.6 Å². The minimum Gasteiger partial charge on any atom is -0.351 e. The lowest BCUT2D eigenvalue weighted by Gasteiger charge is -2.19. The molecule has 4 nitrogen and oxygen atoms in total. The van der Waals surface area contributed by atoms with Crippen LogP contribution in [0.5, 0.6) is 0 Å². The summed E-state index contributed by atoms with van der Waals surface area (Å²) in [6.07, 6.45) is 18.1. The van der Waals surface area contributed by atoms with E-state index in [9.17, 15) is 0 Å². The van der Waals surface area contributed by atoms with Crippen LogP contribution in [0.3, 0.4) is 0 Å². The molecule has 1 aromatic rings. The van der Waals surface area contributed by atoms with E-state index in [1.165, 1.54) is 89.9 Å². The minimum absolute atomic E-state index is 0.342. The van der Waals surface area contributed by atoms with E-state index in [1.807, 2.05) is 0 Å². The first-order chi connectivity index (χ1) is 11.8. The van der Waals surface area contributed by atoms with Crippen LogP contribution in [0.25, 0.3) is 0 Å². The molecule has 24 heavy (non-hydrogen) atoms. The van der Waals surface area contributed by atoms with Gasteiger partial charge in [-0.25, -0.2) is 4.98 Å². The predicted octanol–water partition coefficient (Wildman–Crippen LogP) is 5.88. The Morgan fingerprint density at radius 3 is 1.83 bits per heavy atom. The summed E-state index contributed by atoms with van der Waals surface area (Å²) < 4.78 is 0. The van der Waals surface area contributed by atoms with Gasteiger partial charge in [-0.15, -0.1) is 0 Å². The highest BCUT2D eigenvalue weighted by atomic mass is 35.5. The van der Waals surface area contributed by atoms with E-state index in [2.05, 4.69) is 15.3 Å². The standard InChI is InChI=1S/C19H31ClN4/c20-18-22-17(15-11-7-5-6-8-12-15)23-19(24-18)21-16-13-9-3-1-2-4-10-14-16/h15-16H,1-14H2,(H,21,22,23,24). The molecule has 0 unspecified atom stereocenters. The first-order valence-electron chi connectivity index (χ1n) is 9.99. The highest BCUT2D eigenvalue weighted by molar-refractivity contribution is 6.28. The fraction of sp³-hybridized carbons (Fsp3) is 0.842. The second-order valence-corrected chi connectivity index (χ2v) is 7.85. The molecule has 2 fully saturated rings. The lowest BCUT2D eigenvalue weighted by molar-refractivity contribution is 0.546. The molecule has 0 bridgehead atoms. The molecule has 2 aliphatic carbocycles. The number of anilines is 1. The van der Waals surface area contributed by atoms with Crippen molar-refractivity contribution >= 4 is 17.5 Å². The van der Waals surface area contributed by atoms with Crippen LogP contribution >= 0.6 is 11.6 Å². The summed E-state index contributed by atoms with van der Waals surface area (Å²) in [6.45, 7) is 0. The average Bonchev–Trinajstić information content (AvgIpc) is 2.78. The van der Waals surface area contributed by atoms with Crippen LogP contribution in [-0.2, 0) is 0 Å². The third-order valence-corrected chi connectivity index (χ3v) is 5.70. The molecule has 1 N–H and O–H groups in total. The van der Waals surface area contributed by atoms with E-state index in [0.29, 0.717) is 23.2 Å². The maximum Gasteiger partial charge on any atom is 0.227 e. The number of rotatable bonds is 3. The Bertz CT molecular complexity index is 490. The van der Waals surface area contributed by atoms with E-state index in [-0.39, 0.29) is 0 Å². The summed E-state index contributed by atoms with van der Waals surface area (Å²) in [5.41, 5.74) is 0. The number of aromatic nitrogens is 3. The van der Waals surface area contributed by atoms with Crippen LogP contribution in [0, 0.1) is 0 Å². The highest BCUT2D eigenvalue weighted by Crippen LogP contribution is 2.30. The molecule has 3 rings (SSSR count). The largest absolute Gasteiger partial charge is 0.351 e. The third-order valence-electron chi connectivity index (χ3n) is 5.53. The smallest absolute Gasteiger partial charge is 0.227 e. The minimum atomic E-state index is 0.342.